The molecule has 22 heavy (non-hydrogen) atoms. The van der Waals surface area contributed by atoms with Crippen LogP contribution in [0.25, 0.3) is 0 Å². The zero-order chi connectivity index (χ0) is 16.1. The predicted octanol–water partition coefficient (Wildman–Crippen LogP) is 1.73. The summed E-state index contributed by atoms with van der Waals surface area (Å²) in [4.78, 5) is 11.3. The molecule has 6 nitrogen and oxygen atoms in total. The van der Waals surface area contributed by atoms with E-state index < -0.39 is 21.9 Å². The maximum absolute atomic E-state index is 12.9. The van der Waals surface area contributed by atoms with Crippen molar-refractivity contribution in [3.05, 3.63) is 22.2 Å². The smallest absolute Gasteiger partial charge is 0.308 e. The van der Waals surface area contributed by atoms with Crippen LogP contribution < -0.4 is 4.74 Å². The zero-order valence-electron chi connectivity index (χ0n) is 12.0. The monoisotopic (exact) mass is 389 g/mol. The Bertz CT molecular complexity index is 733. The molecule has 0 radical (unpaired) electrons. The summed E-state index contributed by atoms with van der Waals surface area (Å²) in [6.07, 6.45) is 0.672. The van der Waals surface area contributed by atoms with Crippen molar-refractivity contribution in [3.63, 3.8) is 0 Å². The summed E-state index contributed by atoms with van der Waals surface area (Å²) in [7, 11) is -3.77. The average Bonchev–Trinajstić information content (AvgIpc) is 3.03. The first-order chi connectivity index (χ1) is 10.3. The number of hydrogen-bond acceptors (Lipinski definition) is 4. The van der Waals surface area contributed by atoms with Gasteiger partial charge in [-0.1, -0.05) is 22.9 Å². The average molecular weight is 390 g/mol. The molecule has 0 aliphatic carbocycles. The van der Waals surface area contributed by atoms with Crippen LogP contribution in [0.1, 0.15) is 12.5 Å². The van der Waals surface area contributed by atoms with Crippen molar-refractivity contribution in [3.8, 4) is 5.75 Å². The van der Waals surface area contributed by atoms with Crippen LogP contribution in [0.5, 0.6) is 5.75 Å². The standard InChI is InChI=1S/C14H16BrNO5S/c1-8-6-16(7-11(8)14(17)18)22(19,20)12-5-10(15)4-9-2-3-21-13(9)12/h4-5,8,11H,2-3,6-7H2,1H3,(H,17,18)/t8-,11-/m1/s1. The molecule has 2 heterocycles. The molecule has 0 aromatic heterocycles. The quantitative estimate of drug-likeness (QED) is 0.850. The van der Waals surface area contributed by atoms with E-state index in [4.69, 9.17) is 4.74 Å². The molecule has 1 fully saturated rings. The van der Waals surface area contributed by atoms with Gasteiger partial charge in [0.25, 0.3) is 0 Å². The highest BCUT2D eigenvalue weighted by molar-refractivity contribution is 9.10. The minimum atomic E-state index is -3.77. The van der Waals surface area contributed by atoms with Gasteiger partial charge in [-0.05, 0) is 18.1 Å². The first-order valence-electron chi connectivity index (χ1n) is 6.99. The Morgan fingerprint density at radius 1 is 1.41 bits per heavy atom. The number of benzene rings is 1. The number of carboxylic acid groups (broad SMARTS) is 1. The van der Waals surface area contributed by atoms with Gasteiger partial charge in [0.2, 0.25) is 10.0 Å². The molecule has 2 aliphatic heterocycles. The second-order valence-corrected chi connectivity index (χ2v) is 8.56. The molecule has 2 atom stereocenters. The first kappa shape index (κ1) is 15.8. The lowest BCUT2D eigenvalue weighted by atomic mass is 9.99. The minimum Gasteiger partial charge on any atom is -0.492 e. The predicted molar refractivity (Wildman–Crippen MR) is 82.4 cm³/mol. The lowest BCUT2D eigenvalue weighted by Gasteiger charge is -2.18. The lowest BCUT2D eigenvalue weighted by Crippen LogP contribution is -2.30. The van der Waals surface area contributed by atoms with Gasteiger partial charge in [-0.15, -0.1) is 0 Å². The Balaban J connectivity index is 2.00. The zero-order valence-corrected chi connectivity index (χ0v) is 14.4. The van der Waals surface area contributed by atoms with Crippen LogP contribution >= 0.6 is 15.9 Å². The number of carboxylic acids is 1. The molecule has 1 aromatic rings. The topological polar surface area (TPSA) is 83.9 Å². The summed E-state index contributed by atoms with van der Waals surface area (Å²) in [5.41, 5.74) is 0.856. The number of carbonyl (C=O) groups is 1. The Labute approximate surface area is 137 Å². The second kappa shape index (κ2) is 5.50. The molecule has 3 rings (SSSR count). The fraction of sp³-hybridized carbons (Fsp3) is 0.500. The second-order valence-electron chi connectivity index (χ2n) is 5.73. The van der Waals surface area contributed by atoms with E-state index in [1.165, 1.54) is 10.4 Å². The van der Waals surface area contributed by atoms with E-state index in [1.807, 2.05) is 6.07 Å². The first-order valence-corrected chi connectivity index (χ1v) is 9.22. The molecule has 0 saturated carbocycles. The Kier molecular flexibility index (Phi) is 3.94. The van der Waals surface area contributed by atoms with Gasteiger partial charge in [-0.25, -0.2) is 8.42 Å². The van der Waals surface area contributed by atoms with Crippen LogP contribution in [0, 0.1) is 11.8 Å². The fourth-order valence-corrected chi connectivity index (χ4v) is 5.43. The number of sulfonamides is 1. The van der Waals surface area contributed by atoms with E-state index in [-0.39, 0.29) is 23.9 Å². The molecule has 1 aromatic carbocycles. The lowest BCUT2D eigenvalue weighted by molar-refractivity contribution is -0.142. The number of fused-ring (bicyclic) bond motifs is 1. The molecule has 0 bridgehead atoms. The van der Waals surface area contributed by atoms with Gasteiger partial charge in [0, 0.05) is 29.5 Å². The SMILES string of the molecule is C[C@@H]1CN(S(=O)(=O)c2cc(Br)cc3c2OCC3)C[C@H]1C(=O)O. The van der Waals surface area contributed by atoms with Gasteiger partial charge in [0.05, 0.1) is 12.5 Å². The van der Waals surface area contributed by atoms with Crippen LogP contribution in [-0.2, 0) is 21.2 Å². The van der Waals surface area contributed by atoms with Gasteiger partial charge in [0.15, 0.2) is 0 Å². The van der Waals surface area contributed by atoms with Gasteiger partial charge in [0.1, 0.15) is 10.6 Å². The van der Waals surface area contributed by atoms with Crippen molar-refractivity contribution in [2.45, 2.75) is 18.2 Å². The number of hydrogen-bond donors (Lipinski definition) is 1. The van der Waals surface area contributed by atoms with E-state index in [0.29, 0.717) is 23.2 Å². The van der Waals surface area contributed by atoms with Crippen LogP contribution in [0.15, 0.2) is 21.5 Å². The molecule has 0 amide bonds. The third-order valence-electron chi connectivity index (χ3n) is 4.23. The molecule has 0 unspecified atom stereocenters. The van der Waals surface area contributed by atoms with Crippen molar-refractivity contribution in [2.75, 3.05) is 19.7 Å². The number of nitrogens with zero attached hydrogens (tertiary/aromatic N) is 1. The van der Waals surface area contributed by atoms with E-state index in [2.05, 4.69) is 15.9 Å². The van der Waals surface area contributed by atoms with Crippen LogP contribution in [0.3, 0.4) is 0 Å². The molecule has 1 saturated heterocycles. The molecular formula is C14H16BrNO5S. The van der Waals surface area contributed by atoms with E-state index in [0.717, 1.165) is 5.56 Å². The summed E-state index contributed by atoms with van der Waals surface area (Å²) in [6, 6.07) is 3.38. The minimum absolute atomic E-state index is 0.000119. The molecular weight excluding hydrogens is 374 g/mol. The number of ether oxygens (including phenoxy) is 1. The largest absolute Gasteiger partial charge is 0.492 e. The number of aliphatic carboxylic acids is 1. The van der Waals surface area contributed by atoms with E-state index >= 15 is 0 Å². The third kappa shape index (κ3) is 2.53. The maximum atomic E-state index is 12.9. The molecule has 120 valence electrons. The van der Waals surface area contributed by atoms with E-state index in [1.54, 1.807) is 6.92 Å². The van der Waals surface area contributed by atoms with Gasteiger partial charge in [-0.3, -0.25) is 4.79 Å². The highest BCUT2D eigenvalue weighted by Crippen LogP contribution is 2.39. The molecule has 0 spiro atoms. The van der Waals surface area contributed by atoms with Crippen molar-refractivity contribution in [1.29, 1.82) is 0 Å². The summed E-state index contributed by atoms with van der Waals surface area (Å²) in [5.74, 6) is -1.44. The summed E-state index contributed by atoms with van der Waals surface area (Å²) in [5, 5.41) is 9.18. The number of halogens is 1. The highest BCUT2D eigenvalue weighted by Gasteiger charge is 2.42. The molecule has 2 aliphatic rings. The third-order valence-corrected chi connectivity index (χ3v) is 6.52. The normalized spacial score (nSPS) is 25.0. The summed E-state index contributed by atoms with van der Waals surface area (Å²) < 4.78 is 33.2. The van der Waals surface area contributed by atoms with Gasteiger partial charge >= 0.3 is 5.97 Å². The van der Waals surface area contributed by atoms with Crippen LogP contribution in [0.4, 0.5) is 0 Å². The van der Waals surface area contributed by atoms with Crippen LogP contribution in [0.2, 0.25) is 0 Å². The van der Waals surface area contributed by atoms with Gasteiger partial charge < -0.3 is 9.84 Å². The van der Waals surface area contributed by atoms with Gasteiger partial charge in [-0.2, -0.15) is 4.31 Å². The van der Waals surface area contributed by atoms with Crippen LogP contribution in [-0.4, -0.2) is 43.5 Å². The van der Waals surface area contributed by atoms with Crippen molar-refractivity contribution >= 4 is 31.9 Å². The van der Waals surface area contributed by atoms with Crippen molar-refractivity contribution in [1.82, 2.24) is 4.31 Å². The van der Waals surface area contributed by atoms with Crippen molar-refractivity contribution < 1.29 is 23.1 Å². The van der Waals surface area contributed by atoms with E-state index in [9.17, 15) is 18.3 Å². The fourth-order valence-electron chi connectivity index (χ4n) is 3.01. The Morgan fingerprint density at radius 3 is 2.77 bits per heavy atom. The Morgan fingerprint density at radius 2 is 2.14 bits per heavy atom. The summed E-state index contributed by atoms with van der Waals surface area (Å²) in [6.45, 7) is 2.43. The Hall–Kier alpha value is -1.12. The van der Waals surface area contributed by atoms with Crippen molar-refractivity contribution in [2.24, 2.45) is 11.8 Å². The maximum Gasteiger partial charge on any atom is 0.308 e. The molecule has 1 N–H and O–H groups in total. The number of rotatable bonds is 3. The highest BCUT2D eigenvalue weighted by atomic mass is 79.9. The summed E-state index contributed by atoms with van der Waals surface area (Å²) >= 11 is 3.33. The molecule has 8 heteroatoms.